The fourth-order valence-corrected chi connectivity index (χ4v) is 3.38. The molecule has 0 radical (unpaired) electrons. The third kappa shape index (κ3) is 3.61. The van der Waals surface area contributed by atoms with Crippen LogP contribution in [0.4, 0.5) is 0 Å². The predicted octanol–water partition coefficient (Wildman–Crippen LogP) is 3.72. The number of nitrogens with zero attached hydrogens (tertiary/aromatic N) is 5. The summed E-state index contributed by atoms with van der Waals surface area (Å²) in [6.45, 7) is 0.406. The Labute approximate surface area is 175 Å². The quantitative estimate of drug-likeness (QED) is 0.437. The molecule has 0 spiro atoms. The van der Waals surface area contributed by atoms with Crippen LogP contribution in [-0.4, -0.2) is 45.8 Å². The van der Waals surface area contributed by atoms with Gasteiger partial charge in [0.2, 0.25) is 5.88 Å². The van der Waals surface area contributed by atoms with Gasteiger partial charge < -0.3 is 18.8 Å². The second kappa shape index (κ2) is 8.04. The van der Waals surface area contributed by atoms with Gasteiger partial charge in [-0.3, -0.25) is 0 Å². The summed E-state index contributed by atoms with van der Waals surface area (Å²) in [5, 5.41) is 0. The van der Waals surface area contributed by atoms with Crippen LogP contribution in [0.2, 0.25) is 0 Å². The number of hydrogen-bond donors (Lipinski definition) is 0. The van der Waals surface area contributed by atoms with Crippen LogP contribution in [0.3, 0.4) is 0 Å². The molecule has 3 aromatic heterocycles. The maximum atomic E-state index is 5.56. The molecular formula is C20H18BrN5O3. The number of rotatable bonds is 6. The van der Waals surface area contributed by atoms with Gasteiger partial charge in [-0.25, -0.2) is 19.9 Å². The molecule has 148 valence electrons. The summed E-state index contributed by atoms with van der Waals surface area (Å²) in [7, 11) is 4.84. The van der Waals surface area contributed by atoms with E-state index in [1.165, 1.54) is 0 Å². The number of halogens is 1. The summed E-state index contributed by atoms with van der Waals surface area (Å²) < 4.78 is 18.9. The van der Waals surface area contributed by atoms with E-state index in [1.807, 2.05) is 34.9 Å². The molecule has 0 saturated heterocycles. The van der Waals surface area contributed by atoms with Crippen LogP contribution in [0.25, 0.3) is 22.8 Å². The fourth-order valence-electron chi connectivity index (χ4n) is 3.11. The van der Waals surface area contributed by atoms with Crippen molar-refractivity contribution in [2.75, 3.05) is 21.3 Å². The lowest BCUT2D eigenvalue weighted by atomic mass is 10.1. The summed E-state index contributed by atoms with van der Waals surface area (Å²) in [6, 6.07) is 11.2. The van der Waals surface area contributed by atoms with Crippen molar-refractivity contribution in [2.24, 2.45) is 0 Å². The van der Waals surface area contributed by atoms with Crippen LogP contribution in [0.15, 0.2) is 47.2 Å². The van der Waals surface area contributed by atoms with Gasteiger partial charge >= 0.3 is 0 Å². The minimum Gasteiger partial charge on any atom is -0.496 e. The summed E-state index contributed by atoms with van der Waals surface area (Å²) in [5.74, 6) is 2.53. The minimum absolute atomic E-state index is 0.406. The number of imidazole rings is 1. The molecule has 0 fully saturated rings. The van der Waals surface area contributed by atoms with Gasteiger partial charge in [0, 0.05) is 6.07 Å². The molecule has 1 aromatic carbocycles. The number of ether oxygens (including phenoxy) is 3. The molecule has 0 unspecified atom stereocenters. The fraction of sp³-hybridized carbons (Fsp3) is 0.200. The van der Waals surface area contributed by atoms with Crippen molar-refractivity contribution in [3.05, 3.63) is 52.8 Å². The van der Waals surface area contributed by atoms with Gasteiger partial charge in [-0.2, -0.15) is 0 Å². The minimum atomic E-state index is 0.406. The third-order valence-corrected chi connectivity index (χ3v) is 4.82. The van der Waals surface area contributed by atoms with E-state index in [1.54, 1.807) is 33.6 Å². The number of methoxy groups -OCH3 is 3. The molecule has 9 heteroatoms. The highest BCUT2D eigenvalue weighted by Gasteiger charge is 2.20. The highest BCUT2D eigenvalue weighted by Crippen LogP contribution is 2.32. The molecule has 0 saturated carbocycles. The molecule has 29 heavy (non-hydrogen) atoms. The van der Waals surface area contributed by atoms with E-state index < -0.39 is 0 Å². The predicted molar refractivity (Wildman–Crippen MR) is 111 cm³/mol. The van der Waals surface area contributed by atoms with Crippen LogP contribution in [0, 0.1) is 0 Å². The lowest BCUT2D eigenvalue weighted by Crippen LogP contribution is -2.07. The molecule has 3 heterocycles. The third-order valence-electron chi connectivity index (χ3n) is 4.44. The van der Waals surface area contributed by atoms with Gasteiger partial charge in [0.1, 0.15) is 21.8 Å². The molecule has 8 nitrogen and oxygen atoms in total. The first kappa shape index (κ1) is 19.1. The van der Waals surface area contributed by atoms with E-state index in [-0.39, 0.29) is 0 Å². The van der Waals surface area contributed by atoms with Gasteiger partial charge in [-0.05, 0) is 34.1 Å². The zero-order valence-corrected chi connectivity index (χ0v) is 17.7. The second-order valence-corrected chi connectivity index (χ2v) is 6.88. The van der Waals surface area contributed by atoms with Gasteiger partial charge in [0.25, 0.3) is 0 Å². The van der Waals surface area contributed by atoms with Crippen molar-refractivity contribution in [3.8, 4) is 28.9 Å². The maximum Gasteiger partial charge on any atom is 0.213 e. The van der Waals surface area contributed by atoms with E-state index in [0.717, 1.165) is 5.56 Å². The molecule has 0 atom stereocenters. The zero-order valence-electron chi connectivity index (χ0n) is 16.1. The standard InChI is InChI=1S/C20H18BrN5O3/c1-27-14-7-5-8-15(28-2)12(14)11-26-19(13-6-4-9-17(23-13)29-3)25-18-20(26)24-16(21)10-22-18/h4-10H,11H2,1-3H3. The molecule has 4 rings (SSSR count). The van der Waals surface area contributed by atoms with Crippen molar-refractivity contribution in [1.29, 1.82) is 0 Å². The van der Waals surface area contributed by atoms with E-state index >= 15 is 0 Å². The number of fused-ring (bicyclic) bond motifs is 1. The molecule has 0 amide bonds. The Morgan fingerprint density at radius 3 is 2.31 bits per heavy atom. The highest BCUT2D eigenvalue weighted by molar-refractivity contribution is 9.10. The Balaban J connectivity index is 1.95. The normalized spacial score (nSPS) is 10.9. The van der Waals surface area contributed by atoms with Crippen LogP contribution < -0.4 is 14.2 Å². The molecule has 0 aliphatic carbocycles. The number of benzene rings is 1. The van der Waals surface area contributed by atoms with Crippen LogP contribution in [-0.2, 0) is 6.54 Å². The van der Waals surface area contributed by atoms with Gasteiger partial charge in [-0.15, -0.1) is 0 Å². The lowest BCUT2D eigenvalue weighted by molar-refractivity contribution is 0.383. The van der Waals surface area contributed by atoms with Crippen LogP contribution >= 0.6 is 15.9 Å². The zero-order chi connectivity index (χ0) is 20.4. The van der Waals surface area contributed by atoms with Crippen molar-refractivity contribution in [2.45, 2.75) is 6.54 Å². The average molecular weight is 456 g/mol. The van der Waals surface area contributed by atoms with Gasteiger partial charge in [-0.1, -0.05) is 12.1 Å². The van der Waals surface area contributed by atoms with Crippen LogP contribution in [0.1, 0.15) is 5.56 Å². The molecule has 4 aromatic rings. The SMILES string of the molecule is COc1cccc(-c2nc3ncc(Br)nc3n2Cc2c(OC)cccc2OC)n1. The first-order valence-corrected chi connectivity index (χ1v) is 9.54. The Bertz CT molecular complexity index is 1160. The van der Waals surface area contributed by atoms with E-state index in [0.29, 0.717) is 51.3 Å². The summed E-state index contributed by atoms with van der Waals surface area (Å²) in [5.41, 5.74) is 2.64. The highest BCUT2D eigenvalue weighted by atomic mass is 79.9. The van der Waals surface area contributed by atoms with Crippen molar-refractivity contribution in [3.63, 3.8) is 0 Å². The number of aromatic nitrogens is 5. The van der Waals surface area contributed by atoms with Crippen molar-refractivity contribution >= 4 is 27.2 Å². The smallest absolute Gasteiger partial charge is 0.213 e. The average Bonchev–Trinajstić information content (AvgIpc) is 3.11. The Morgan fingerprint density at radius 2 is 1.62 bits per heavy atom. The Morgan fingerprint density at radius 1 is 0.897 bits per heavy atom. The summed E-state index contributed by atoms with van der Waals surface area (Å²) >= 11 is 3.40. The lowest BCUT2D eigenvalue weighted by Gasteiger charge is -2.15. The largest absolute Gasteiger partial charge is 0.496 e. The van der Waals surface area contributed by atoms with Crippen molar-refractivity contribution < 1.29 is 14.2 Å². The second-order valence-electron chi connectivity index (χ2n) is 6.07. The monoisotopic (exact) mass is 455 g/mol. The molecule has 0 aliphatic heterocycles. The number of pyridine rings is 1. The van der Waals surface area contributed by atoms with Gasteiger partial charge in [0.15, 0.2) is 17.1 Å². The molecule has 0 aliphatic rings. The Hall–Kier alpha value is -3.20. The van der Waals surface area contributed by atoms with E-state index in [9.17, 15) is 0 Å². The van der Waals surface area contributed by atoms with E-state index in [4.69, 9.17) is 14.2 Å². The summed E-state index contributed by atoms with van der Waals surface area (Å²) in [4.78, 5) is 18.2. The molecular weight excluding hydrogens is 438 g/mol. The summed E-state index contributed by atoms with van der Waals surface area (Å²) in [6.07, 6.45) is 1.62. The molecule has 0 N–H and O–H groups in total. The first-order chi connectivity index (χ1) is 14.1. The van der Waals surface area contributed by atoms with Crippen molar-refractivity contribution in [1.82, 2.24) is 24.5 Å². The van der Waals surface area contributed by atoms with E-state index in [2.05, 4.69) is 35.9 Å². The maximum absolute atomic E-state index is 5.56. The molecule has 0 bridgehead atoms. The topological polar surface area (TPSA) is 84.2 Å². The van der Waals surface area contributed by atoms with Crippen LogP contribution in [0.5, 0.6) is 17.4 Å². The Kier molecular flexibility index (Phi) is 5.30. The van der Waals surface area contributed by atoms with Gasteiger partial charge in [0.05, 0.1) is 39.6 Å². The first-order valence-electron chi connectivity index (χ1n) is 8.74. The number of hydrogen-bond acceptors (Lipinski definition) is 7.